The first-order valence-corrected chi connectivity index (χ1v) is 12.6. The second kappa shape index (κ2) is 11.9. The second-order valence-corrected chi connectivity index (χ2v) is 9.68. The van der Waals surface area contributed by atoms with Gasteiger partial charge in [-0.15, -0.1) is 0 Å². The fourth-order valence-electron chi connectivity index (χ4n) is 4.48. The molecule has 5 nitrogen and oxygen atoms in total. The summed E-state index contributed by atoms with van der Waals surface area (Å²) in [5, 5.41) is 5.80. The van der Waals surface area contributed by atoms with Crippen LogP contribution in [0.25, 0.3) is 16.3 Å². The van der Waals surface area contributed by atoms with Crippen molar-refractivity contribution in [3.8, 4) is 5.75 Å². The molecule has 1 aliphatic heterocycles. The van der Waals surface area contributed by atoms with Gasteiger partial charge in [0, 0.05) is 51.5 Å². The minimum absolute atomic E-state index is 0.346. The first-order chi connectivity index (χ1) is 17.0. The molecule has 0 radical (unpaired) electrons. The van der Waals surface area contributed by atoms with Gasteiger partial charge >= 0.3 is 0 Å². The van der Waals surface area contributed by atoms with Crippen molar-refractivity contribution in [2.75, 3.05) is 46.1 Å². The van der Waals surface area contributed by atoms with Crippen LogP contribution in [0.15, 0.2) is 73.6 Å². The number of aryl methyl sites for hydroxylation is 1. The number of nitrogens with zero attached hydrogens (tertiary/aromatic N) is 3. The van der Waals surface area contributed by atoms with E-state index < -0.39 is 0 Å². The second-order valence-electron chi connectivity index (χ2n) is 9.68. The van der Waals surface area contributed by atoms with Gasteiger partial charge in [0.25, 0.3) is 0 Å². The summed E-state index contributed by atoms with van der Waals surface area (Å²) in [4.78, 5) is 9.00. The summed E-state index contributed by atoms with van der Waals surface area (Å²) in [6.07, 6.45) is 10.6. The number of nitrogens with one attached hydrogen (secondary N) is 1. The highest BCUT2D eigenvalue weighted by Crippen LogP contribution is 2.24. The topological polar surface area (TPSA) is 40.6 Å². The molecule has 1 fully saturated rings. The lowest BCUT2D eigenvalue weighted by Gasteiger charge is -2.29. The van der Waals surface area contributed by atoms with Crippen LogP contribution in [0.4, 0.5) is 5.82 Å². The van der Waals surface area contributed by atoms with Crippen molar-refractivity contribution in [3.05, 3.63) is 84.7 Å². The Labute approximate surface area is 210 Å². The molecule has 35 heavy (non-hydrogen) atoms. The van der Waals surface area contributed by atoms with E-state index in [0.29, 0.717) is 6.10 Å². The SMILES string of the molecule is C=C/C(=C\N(C)C)c1ccc2cnc(NCCCc3ccc(OC4CCN(C)CC4)cc3)cc2c1. The lowest BCUT2D eigenvalue weighted by molar-refractivity contribution is 0.114. The van der Waals surface area contributed by atoms with Crippen LogP contribution in [0.3, 0.4) is 0 Å². The van der Waals surface area contributed by atoms with Gasteiger partial charge in [-0.2, -0.15) is 0 Å². The number of pyridine rings is 1. The number of anilines is 1. The molecule has 3 aromatic rings. The van der Waals surface area contributed by atoms with Crippen LogP contribution < -0.4 is 10.1 Å². The van der Waals surface area contributed by atoms with Crippen molar-refractivity contribution in [2.24, 2.45) is 0 Å². The molecule has 0 bridgehead atoms. The molecule has 0 unspecified atom stereocenters. The maximum absolute atomic E-state index is 6.17. The van der Waals surface area contributed by atoms with E-state index in [1.165, 1.54) is 10.9 Å². The molecule has 2 heterocycles. The maximum atomic E-state index is 6.17. The third-order valence-electron chi connectivity index (χ3n) is 6.51. The summed E-state index contributed by atoms with van der Waals surface area (Å²) in [7, 11) is 6.22. The first kappa shape index (κ1) is 24.8. The Morgan fingerprint density at radius 1 is 1.11 bits per heavy atom. The number of likely N-dealkylation sites (tertiary alicyclic amines) is 1. The molecular formula is C30H38N4O. The number of fused-ring (bicyclic) bond motifs is 1. The van der Waals surface area contributed by atoms with Crippen molar-refractivity contribution in [3.63, 3.8) is 0 Å². The molecule has 4 rings (SSSR count). The lowest BCUT2D eigenvalue weighted by Crippen LogP contribution is -2.35. The zero-order valence-electron chi connectivity index (χ0n) is 21.3. The third-order valence-corrected chi connectivity index (χ3v) is 6.51. The Balaban J connectivity index is 1.28. The van der Waals surface area contributed by atoms with E-state index in [1.54, 1.807) is 0 Å². The molecule has 0 saturated carbocycles. The van der Waals surface area contributed by atoms with Gasteiger partial charge in [-0.25, -0.2) is 4.98 Å². The molecule has 0 amide bonds. The normalized spacial score (nSPS) is 15.2. The molecule has 0 aliphatic carbocycles. The molecular weight excluding hydrogens is 432 g/mol. The molecule has 2 aromatic carbocycles. The summed E-state index contributed by atoms with van der Waals surface area (Å²) < 4.78 is 6.17. The third kappa shape index (κ3) is 7.09. The zero-order chi connectivity index (χ0) is 24.6. The largest absolute Gasteiger partial charge is 0.490 e. The molecule has 5 heteroatoms. The van der Waals surface area contributed by atoms with Gasteiger partial charge < -0.3 is 19.9 Å². The van der Waals surface area contributed by atoms with Crippen LogP contribution in [-0.2, 0) is 6.42 Å². The van der Waals surface area contributed by atoms with Gasteiger partial charge in [0.05, 0.1) is 0 Å². The molecule has 0 atom stereocenters. The van der Waals surface area contributed by atoms with Crippen molar-refractivity contribution >= 4 is 22.2 Å². The molecule has 0 spiro atoms. The quantitative estimate of drug-likeness (QED) is 0.298. The van der Waals surface area contributed by atoms with Crippen LogP contribution >= 0.6 is 0 Å². The van der Waals surface area contributed by atoms with E-state index in [1.807, 2.05) is 31.3 Å². The van der Waals surface area contributed by atoms with Gasteiger partial charge in [0.1, 0.15) is 17.7 Å². The van der Waals surface area contributed by atoms with Crippen molar-refractivity contribution in [2.45, 2.75) is 31.8 Å². The summed E-state index contributed by atoms with van der Waals surface area (Å²) in [6.45, 7) is 7.08. The predicted molar refractivity (Wildman–Crippen MR) is 148 cm³/mol. The van der Waals surface area contributed by atoms with E-state index in [-0.39, 0.29) is 0 Å². The molecule has 1 saturated heterocycles. The van der Waals surface area contributed by atoms with E-state index in [2.05, 4.69) is 83.6 Å². The minimum Gasteiger partial charge on any atom is -0.490 e. The Morgan fingerprint density at radius 3 is 2.60 bits per heavy atom. The van der Waals surface area contributed by atoms with E-state index in [9.17, 15) is 0 Å². The van der Waals surface area contributed by atoms with Gasteiger partial charge in [-0.1, -0.05) is 36.9 Å². The standard InChI is InChI=1S/C30H38N4O/c1-5-24(22-33(2)3)25-10-11-26-21-32-30(20-27(26)19-25)31-16-6-7-23-8-12-28(13-9-23)35-29-14-17-34(4)18-15-29/h5,8-13,19-22,29H,1,6-7,14-18H2,2-4H3,(H,31,32)/b24-22+. The van der Waals surface area contributed by atoms with E-state index in [0.717, 1.165) is 73.4 Å². The minimum atomic E-state index is 0.346. The fourth-order valence-corrected chi connectivity index (χ4v) is 4.48. The number of hydrogen-bond donors (Lipinski definition) is 1. The molecule has 1 aromatic heterocycles. The Bertz CT molecular complexity index is 1140. The van der Waals surface area contributed by atoms with Gasteiger partial charge in [-0.05, 0) is 79.1 Å². The van der Waals surface area contributed by atoms with Crippen LogP contribution in [0.2, 0.25) is 0 Å². The van der Waals surface area contributed by atoms with Crippen LogP contribution in [0.5, 0.6) is 5.75 Å². The van der Waals surface area contributed by atoms with Crippen LogP contribution in [-0.4, -0.2) is 61.7 Å². The van der Waals surface area contributed by atoms with Crippen molar-refractivity contribution in [1.29, 1.82) is 0 Å². The lowest BCUT2D eigenvalue weighted by atomic mass is 10.0. The molecule has 184 valence electrons. The summed E-state index contributed by atoms with van der Waals surface area (Å²) in [6, 6.07) is 17.2. The maximum Gasteiger partial charge on any atom is 0.126 e. The number of allylic oxidation sites excluding steroid dienone is 2. The smallest absolute Gasteiger partial charge is 0.126 e. The first-order valence-electron chi connectivity index (χ1n) is 12.6. The highest BCUT2D eigenvalue weighted by molar-refractivity contribution is 5.88. The van der Waals surface area contributed by atoms with Gasteiger partial charge in [0.2, 0.25) is 0 Å². The van der Waals surface area contributed by atoms with E-state index in [4.69, 9.17) is 4.74 Å². The Hall–Kier alpha value is -3.31. The van der Waals surface area contributed by atoms with Gasteiger partial charge in [0.15, 0.2) is 0 Å². The number of piperidine rings is 1. The van der Waals surface area contributed by atoms with Gasteiger partial charge in [-0.3, -0.25) is 0 Å². The highest BCUT2D eigenvalue weighted by atomic mass is 16.5. The predicted octanol–water partition coefficient (Wildman–Crippen LogP) is 5.84. The highest BCUT2D eigenvalue weighted by Gasteiger charge is 2.17. The van der Waals surface area contributed by atoms with Crippen LogP contribution in [0.1, 0.15) is 30.4 Å². The monoisotopic (exact) mass is 470 g/mol. The average Bonchev–Trinajstić information content (AvgIpc) is 2.87. The number of hydrogen-bond acceptors (Lipinski definition) is 5. The number of rotatable bonds is 10. The van der Waals surface area contributed by atoms with Crippen molar-refractivity contribution in [1.82, 2.24) is 14.8 Å². The van der Waals surface area contributed by atoms with Crippen LogP contribution in [0, 0.1) is 0 Å². The fraction of sp³-hybridized carbons (Fsp3) is 0.367. The summed E-state index contributed by atoms with van der Waals surface area (Å²) >= 11 is 0. The zero-order valence-corrected chi connectivity index (χ0v) is 21.3. The molecule has 1 aliphatic rings. The molecule has 1 N–H and O–H groups in total. The number of ether oxygens (including phenoxy) is 1. The average molecular weight is 471 g/mol. The summed E-state index contributed by atoms with van der Waals surface area (Å²) in [5.41, 5.74) is 3.59. The summed E-state index contributed by atoms with van der Waals surface area (Å²) in [5.74, 6) is 1.90. The van der Waals surface area contributed by atoms with E-state index >= 15 is 0 Å². The Kier molecular flexibility index (Phi) is 8.43. The number of benzene rings is 2. The Morgan fingerprint density at radius 2 is 1.89 bits per heavy atom. The van der Waals surface area contributed by atoms with Crippen molar-refractivity contribution < 1.29 is 4.74 Å². The number of aromatic nitrogens is 1.